The molecule has 0 saturated carbocycles. The van der Waals surface area contributed by atoms with Gasteiger partial charge in [-0.15, -0.1) is 0 Å². The number of rotatable bonds is 6. The summed E-state index contributed by atoms with van der Waals surface area (Å²) in [7, 11) is 1.61. The normalized spacial score (nSPS) is 14.7. The molecule has 1 aromatic carbocycles. The lowest BCUT2D eigenvalue weighted by Gasteiger charge is -2.12. The van der Waals surface area contributed by atoms with Crippen molar-refractivity contribution >= 4 is 11.0 Å². The number of methoxy groups -OCH3 is 1. The molecule has 0 fully saturated rings. The summed E-state index contributed by atoms with van der Waals surface area (Å²) in [6.07, 6.45) is 8.71. The molecule has 0 atom stereocenters. The third-order valence-corrected chi connectivity index (χ3v) is 4.46. The van der Waals surface area contributed by atoms with E-state index < -0.39 is 0 Å². The first-order valence-corrected chi connectivity index (χ1v) is 8.36. The second kappa shape index (κ2) is 7.47. The maximum atomic E-state index is 11.8. The second-order valence-electron chi connectivity index (χ2n) is 6.09. The fourth-order valence-corrected chi connectivity index (χ4v) is 3.18. The number of ether oxygens (including phenoxy) is 1. The molecule has 4 heteroatoms. The summed E-state index contributed by atoms with van der Waals surface area (Å²) < 4.78 is 10.5. The van der Waals surface area contributed by atoms with Crippen LogP contribution in [-0.4, -0.2) is 13.7 Å². The molecule has 0 amide bonds. The van der Waals surface area contributed by atoms with Crippen molar-refractivity contribution < 1.29 is 14.5 Å². The highest BCUT2D eigenvalue weighted by atomic mass is 16.5. The average Bonchev–Trinajstić information content (AvgIpc) is 2.58. The highest BCUT2D eigenvalue weighted by Crippen LogP contribution is 2.22. The van der Waals surface area contributed by atoms with E-state index in [2.05, 4.69) is 11.4 Å². The van der Waals surface area contributed by atoms with Gasteiger partial charge in [-0.3, -0.25) is 0 Å². The maximum Gasteiger partial charge on any atom is 0.336 e. The quantitative estimate of drug-likeness (QED) is 0.507. The number of hydrogen-bond acceptors (Lipinski definition) is 3. The van der Waals surface area contributed by atoms with Crippen LogP contribution in [-0.2, 0) is 6.54 Å². The molecule has 23 heavy (non-hydrogen) atoms. The fraction of sp³-hybridized carbons (Fsp3) is 0.421. The van der Waals surface area contributed by atoms with Gasteiger partial charge in [0.15, 0.2) is 0 Å². The zero-order chi connectivity index (χ0) is 16.1. The van der Waals surface area contributed by atoms with E-state index in [1.165, 1.54) is 25.7 Å². The minimum atomic E-state index is -0.302. The zero-order valence-electron chi connectivity index (χ0n) is 13.6. The SMILES string of the molecule is COc1ccc2c(C[NH2+]CCC3=CCCCC3)cc(=O)oc2c1. The predicted octanol–water partition coefficient (Wildman–Crippen LogP) is 2.76. The van der Waals surface area contributed by atoms with Crippen molar-refractivity contribution in [1.29, 1.82) is 0 Å². The van der Waals surface area contributed by atoms with Crippen molar-refractivity contribution in [2.24, 2.45) is 0 Å². The molecule has 0 saturated heterocycles. The molecule has 0 radical (unpaired) electrons. The van der Waals surface area contributed by atoms with Gasteiger partial charge in [-0.05, 0) is 37.8 Å². The van der Waals surface area contributed by atoms with Crippen LogP contribution in [0.4, 0.5) is 0 Å². The van der Waals surface area contributed by atoms with Crippen LogP contribution in [0.1, 0.15) is 37.7 Å². The van der Waals surface area contributed by atoms with Crippen molar-refractivity contribution in [1.82, 2.24) is 0 Å². The predicted molar refractivity (Wildman–Crippen MR) is 90.7 cm³/mol. The van der Waals surface area contributed by atoms with Gasteiger partial charge in [0, 0.05) is 29.5 Å². The van der Waals surface area contributed by atoms with Crippen molar-refractivity contribution in [3.63, 3.8) is 0 Å². The topological polar surface area (TPSA) is 56.0 Å². The van der Waals surface area contributed by atoms with Gasteiger partial charge in [0.2, 0.25) is 0 Å². The first kappa shape index (κ1) is 15.8. The Morgan fingerprint density at radius 2 is 2.17 bits per heavy atom. The van der Waals surface area contributed by atoms with E-state index in [9.17, 15) is 4.79 Å². The van der Waals surface area contributed by atoms with E-state index in [4.69, 9.17) is 9.15 Å². The van der Waals surface area contributed by atoms with Gasteiger partial charge in [-0.2, -0.15) is 0 Å². The first-order valence-electron chi connectivity index (χ1n) is 8.36. The molecular weight excluding hydrogens is 290 g/mol. The van der Waals surface area contributed by atoms with Crippen LogP contribution >= 0.6 is 0 Å². The second-order valence-corrected chi connectivity index (χ2v) is 6.09. The molecule has 0 aliphatic heterocycles. The van der Waals surface area contributed by atoms with Gasteiger partial charge in [0.25, 0.3) is 0 Å². The average molecular weight is 314 g/mol. The molecule has 1 aliphatic carbocycles. The standard InChI is InChI=1S/C19H23NO3/c1-22-16-7-8-17-15(11-19(21)23-18(17)12-16)13-20-10-9-14-5-3-2-4-6-14/h5,7-8,11-12,20H,2-4,6,9-10,13H2,1H3/p+1. The fourth-order valence-electron chi connectivity index (χ4n) is 3.18. The highest BCUT2D eigenvalue weighted by molar-refractivity contribution is 5.81. The van der Waals surface area contributed by atoms with E-state index in [-0.39, 0.29) is 5.63 Å². The molecule has 0 bridgehead atoms. The number of nitrogens with two attached hydrogens (primary N) is 1. The summed E-state index contributed by atoms with van der Waals surface area (Å²) in [5.74, 6) is 0.700. The van der Waals surface area contributed by atoms with E-state index in [0.29, 0.717) is 11.3 Å². The smallest absolute Gasteiger partial charge is 0.336 e. The lowest BCUT2D eigenvalue weighted by Crippen LogP contribution is -2.82. The lowest BCUT2D eigenvalue weighted by atomic mass is 9.97. The van der Waals surface area contributed by atoms with Gasteiger partial charge < -0.3 is 14.5 Å². The molecule has 1 heterocycles. The van der Waals surface area contributed by atoms with Crippen LogP contribution in [0.5, 0.6) is 5.75 Å². The summed E-state index contributed by atoms with van der Waals surface area (Å²) in [4.78, 5) is 11.8. The molecule has 4 nitrogen and oxygen atoms in total. The Kier molecular flexibility index (Phi) is 5.13. The van der Waals surface area contributed by atoms with E-state index in [1.54, 1.807) is 24.8 Å². The van der Waals surface area contributed by atoms with E-state index in [1.807, 2.05) is 12.1 Å². The molecule has 1 aliphatic rings. The van der Waals surface area contributed by atoms with Crippen LogP contribution < -0.4 is 15.7 Å². The minimum absolute atomic E-state index is 0.302. The van der Waals surface area contributed by atoms with Crippen molar-refractivity contribution in [2.75, 3.05) is 13.7 Å². The summed E-state index contributed by atoms with van der Waals surface area (Å²) in [5.41, 5.74) is 2.91. The van der Waals surface area contributed by atoms with E-state index >= 15 is 0 Å². The Morgan fingerprint density at radius 1 is 1.26 bits per heavy atom. The summed E-state index contributed by atoms with van der Waals surface area (Å²) in [6, 6.07) is 7.24. The van der Waals surface area contributed by atoms with Gasteiger partial charge in [-0.1, -0.05) is 11.6 Å². The Bertz CT molecular complexity index is 761. The maximum absolute atomic E-state index is 11.8. The number of hydrogen-bond donors (Lipinski definition) is 1. The van der Waals surface area contributed by atoms with Crippen LogP contribution in [0, 0.1) is 0 Å². The van der Waals surface area contributed by atoms with Gasteiger partial charge in [0.1, 0.15) is 17.9 Å². The minimum Gasteiger partial charge on any atom is -0.497 e. The summed E-state index contributed by atoms with van der Waals surface area (Å²) in [5, 5.41) is 3.26. The molecular formula is C19H24NO3+. The van der Waals surface area contributed by atoms with Crippen molar-refractivity contribution in [2.45, 2.75) is 38.6 Å². The van der Waals surface area contributed by atoms with Crippen LogP contribution in [0.25, 0.3) is 11.0 Å². The zero-order valence-corrected chi connectivity index (χ0v) is 13.6. The highest BCUT2D eigenvalue weighted by Gasteiger charge is 2.09. The first-order chi connectivity index (χ1) is 11.3. The Labute approximate surface area is 136 Å². The Morgan fingerprint density at radius 3 is 2.96 bits per heavy atom. The largest absolute Gasteiger partial charge is 0.497 e. The Balaban J connectivity index is 1.67. The summed E-state index contributed by atoms with van der Waals surface area (Å²) in [6.45, 7) is 1.85. The van der Waals surface area contributed by atoms with Crippen molar-refractivity contribution in [3.8, 4) is 5.75 Å². The lowest BCUT2D eigenvalue weighted by molar-refractivity contribution is -0.669. The molecule has 0 spiro atoms. The molecule has 1 aromatic heterocycles. The number of benzene rings is 1. The van der Waals surface area contributed by atoms with Crippen LogP contribution in [0.3, 0.4) is 0 Å². The third kappa shape index (κ3) is 4.02. The van der Waals surface area contributed by atoms with Gasteiger partial charge in [0.05, 0.1) is 13.7 Å². The molecule has 0 unspecified atom stereocenters. The third-order valence-electron chi connectivity index (χ3n) is 4.46. The number of allylic oxidation sites excluding steroid dienone is 1. The number of quaternary nitrogens is 1. The number of fused-ring (bicyclic) bond motifs is 1. The summed E-state index contributed by atoms with van der Waals surface area (Å²) >= 11 is 0. The van der Waals surface area contributed by atoms with Gasteiger partial charge >= 0.3 is 5.63 Å². The van der Waals surface area contributed by atoms with Gasteiger partial charge in [-0.25, -0.2) is 4.79 Å². The van der Waals surface area contributed by atoms with E-state index in [0.717, 1.165) is 30.5 Å². The van der Waals surface area contributed by atoms with Crippen LogP contribution in [0.15, 0.2) is 45.1 Å². The van der Waals surface area contributed by atoms with Crippen LogP contribution in [0.2, 0.25) is 0 Å². The Hall–Kier alpha value is -2.07. The molecule has 122 valence electrons. The molecule has 2 aromatic rings. The monoisotopic (exact) mass is 314 g/mol. The molecule has 3 rings (SSSR count). The molecule has 2 N–H and O–H groups in total. The van der Waals surface area contributed by atoms with Crippen molar-refractivity contribution in [3.05, 3.63) is 51.9 Å².